The SMILES string of the molecule is Cc1ccc(C(Br)c2c(F)cccc2Cl)c(C)c1. The second-order valence-corrected chi connectivity index (χ2v) is 5.68. The molecule has 0 N–H and O–H groups in total. The van der Waals surface area contributed by atoms with E-state index < -0.39 is 0 Å². The lowest BCUT2D eigenvalue weighted by Gasteiger charge is -2.16. The lowest BCUT2D eigenvalue weighted by atomic mass is 9.98. The molecular weight excluding hydrogens is 315 g/mol. The van der Waals surface area contributed by atoms with Gasteiger partial charge in [0.2, 0.25) is 0 Å². The first-order chi connectivity index (χ1) is 8.50. The van der Waals surface area contributed by atoms with Crippen LogP contribution >= 0.6 is 27.5 Å². The molecule has 0 saturated carbocycles. The van der Waals surface area contributed by atoms with Crippen molar-refractivity contribution in [2.24, 2.45) is 0 Å². The van der Waals surface area contributed by atoms with Crippen LogP contribution in [0.25, 0.3) is 0 Å². The maximum atomic E-state index is 13.9. The van der Waals surface area contributed by atoms with Crippen molar-refractivity contribution < 1.29 is 4.39 Å². The predicted octanol–water partition coefficient (Wildman–Crippen LogP) is 5.58. The maximum Gasteiger partial charge on any atom is 0.129 e. The number of hydrogen-bond acceptors (Lipinski definition) is 0. The van der Waals surface area contributed by atoms with Crippen LogP contribution in [0, 0.1) is 19.7 Å². The zero-order chi connectivity index (χ0) is 13.3. The zero-order valence-electron chi connectivity index (χ0n) is 10.2. The maximum absolute atomic E-state index is 13.9. The summed E-state index contributed by atoms with van der Waals surface area (Å²) in [5.41, 5.74) is 3.84. The third-order valence-corrected chi connectivity index (χ3v) is 4.23. The molecule has 0 amide bonds. The van der Waals surface area contributed by atoms with Gasteiger partial charge >= 0.3 is 0 Å². The van der Waals surface area contributed by atoms with E-state index in [1.54, 1.807) is 12.1 Å². The fourth-order valence-corrected chi connectivity index (χ4v) is 3.40. The molecule has 3 heteroatoms. The molecule has 94 valence electrons. The zero-order valence-corrected chi connectivity index (χ0v) is 12.5. The number of rotatable bonds is 2. The van der Waals surface area contributed by atoms with Gasteiger partial charge in [-0.3, -0.25) is 0 Å². The summed E-state index contributed by atoms with van der Waals surface area (Å²) in [5.74, 6) is -0.288. The molecule has 2 aromatic rings. The van der Waals surface area contributed by atoms with Crippen molar-refractivity contribution in [1.29, 1.82) is 0 Å². The average Bonchev–Trinajstić information content (AvgIpc) is 2.28. The molecule has 18 heavy (non-hydrogen) atoms. The molecule has 1 atom stereocenters. The Balaban J connectivity index is 2.51. The Morgan fingerprint density at radius 2 is 1.89 bits per heavy atom. The van der Waals surface area contributed by atoms with Crippen LogP contribution in [0.5, 0.6) is 0 Å². The topological polar surface area (TPSA) is 0 Å². The van der Waals surface area contributed by atoms with Crippen LogP contribution in [0.2, 0.25) is 5.02 Å². The Labute approximate surface area is 120 Å². The van der Waals surface area contributed by atoms with Gasteiger partial charge in [-0.15, -0.1) is 0 Å². The van der Waals surface area contributed by atoms with Crippen LogP contribution in [0.4, 0.5) is 4.39 Å². The molecule has 0 aliphatic rings. The van der Waals surface area contributed by atoms with Crippen LogP contribution in [-0.4, -0.2) is 0 Å². The van der Waals surface area contributed by atoms with E-state index in [4.69, 9.17) is 11.6 Å². The Morgan fingerprint density at radius 1 is 1.17 bits per heavy atom. The second-order valence-electron chi connectivity index (χ2n) is 4.36. The monoisotopic (exact) mass is 326 g/mol. The van der Waals surface area contributed by atoms with Crippen LogP contribution in [0.1, 0.15) is 27.1 Å². The highest BCUT2D eigenvalue weighted by atomic mass is 79.9. The molecule has 0 nitrogen and oxygen atoms in total. The molecule has 0 aromatic heterocycles. The minimum absolute atomic E-state index is 0.230. The molecular formula is C15H13BrClF. The van der Waals surface area contributed by atoms with Crippen molar-refractivity contribution in [3.63, 3.8) is 0 Å². The Hall–Kier alpha value is -0.860. The van der Waals surface area contributed by atoms with Gasteiger partial charge in [-0.1, -0.05) is 57.4 Å². The predicted molar refractivity (Wildman–Crippen MR) is 78.1 cm³/mol. The van der Waals surface area contributed by atoms with Crippen molar-refractivity contribution in [1.82, 2.24) is 0 Å². The van der Waals surface area contributed by atoms with Gasteiger partial charge in [0, 0.05) is 10.6 Å². The van der Waals surface area contributed by atoms with Crippen molar-refractivity contribution in [2.75, 3.05) is 0 Å². The first kappa shape index (κ1) is 13.6. The average molecular weight is 328 g/mol. The van der Waals surface area contributed by atoms with Gasteiger partial charge in [0.15, 0.2) is 0 Å². The highest BCUT2D eigenvalue weighted by molar-refractivity contribution is 9.09. The van der Waals surface area contributed by atoms with Gasteiger partial charge in [0.1, 0.15) is 5.82 Å². The van der Waals surface area contributed by atoms with E-state index in [-0.39, 0.29) is 10.6 Å². The van der Waals surface area contributed by atoms with Crippen LogP contribution in [0.3, 0.4) is 0 Å². The van der Waals surface area contributed by atoms with E-state index in [0.29, 0.717) is 10.6 Å². The van der Waals surface area contributed by atoms with Gasteiger partial charge < -0.3 is 0 Å². The Kier molecular flexibility index (Phi) is 4.08. The highest BCUT2D eigenvalue weighted by Gasteiger charge is 2.19. The number of hydrogen-bond donors (Lipinski definition) is 0. The summed E-state index contributed by atoms with van der Waals surface area (Å²) in [6.45, 7) is 4.06. The summed E-state index contributed by atoms with van der Waals surface area (Å²) in [7, 11) is 0. The fourth-order valence-electron chi connectivity index (χ4n) is 2.02. The van der Waals surface area contributed by atoms with Gasteiger partial charge in [0.05, 0.1) is 4.83 Å². The molecule has 2 rings (SSSR count). The summed E-state index contributed by atoms with van der Waals surface area (Å²) in [5, 5.41) is 0.442. The van der Waals surface area contributed by atoms with E-state index in [2.05, 4.69) is 22.0 Å². The number of benzene rings is 2. The minimum atomic E-state index is -0.288. The van der Waals surface area contributed by atoms with Gasteiger partial charge in [-0.25, -0.2) is 4.39 Å². The number of halogens is 3. The minimum Gasteiger partial charge on any atom is -0.207 e. The largest absolute Gasteiger partial charge is 0.207 e. The summed E-state index contributed by atoms with van der Waals surface area (Å²) < 4.78 is 13.9. The molecule has 0 fully saturated rings. The van der Waals surface area contributed by atoms with Crippen molar-refractivity contribution in [3.05, 3.63) is 69.5 Å². The summed E-state index contributed by atoms with van der Waals surface area (Å²) in [4.78, 5) is -0.230. The Bertz CT molecular complexity index is 560. The van der Waals surface area contributed by atoms with E-state index in [1.165, 1.54) is 11.6 Å². The van der Waals surface area contributed by atoms with Gasteiger partial charge in [-0.05, 0) is 37.1 Å². The van der Waals surface area contributed by atoms with Crippen LogP contribution < -0.4 is 0 Å². The van der Waals surface area contributed by atoms with E-state index in [0.717, 1.165) is 11.1 Å². The lowest BCUT2D eigenvalue weighted by Crippen LogP contribution is -2.00. The fraction of sp³-hybridized carbons (Fsp3) is 0.200. The molecule has 0 spiro atoms. The summed E-state index contributed by atoms with van der Waals surface area (Å²) in [6, 6.07) is 10.9. The van der Waals surface area contributed by atoms with Gasteiger partial charge in [-0.2, -0.15) is 0 Å². The van der Waals surface area contributed by atoms with Crippen molar-refractivity contribution in [3.8, 4) is 0 Å². The molecule has 0 aliphatic heterocycles. The molecule has 2 aromatic carbocycles. The quantitative estimate of drug-likeness (QED) is 0.632. The normalized spacial score (nSPS) is 12.5. The smallest absolute Gasteiger partial charge is 0.129 e. The summed E-state index contributed by atoms with van der Waals surface area (Å²) >= 11 is 9.63. The first-order valence-corrected chi connectivity index (χ1v) is 6.95. The number of aryl methyl sites for hydroxylation is 2. The van der Waals surface area contributed by atoms with Crippen molar-refractivity contribution in [2.45, 2.75) is 18.7 Å². The molecule has 0 saturated heterocycles. The van der Waals surface area contributed by atoms with E-state index in [1.807, 2.05) is 26.0 Å². The lowest BCUT2D eigenvalue weighted by molar-refractivity contribution is 0.613. The summed E-state index contributed by atoms with van der Waals surface area (Å²) in [6.07, 6.45) is 0. The van der Waals surface area contributed by atoms with Crippen LogP contribution in [-0.2, 0) is 0 Å². The van der Waals surface area contributed by atoms with Crippen LogP contribution in [0.15, 0.2) is 36.4 Å². The third kappa shape index (κ3) is 2.60. The molecule has 0 aliphatic carbocycles. The van der Waals surface area contributed by atoms with Gasteiger partial charge in [0.25, 0.3) is 0 Å². The molecule has 0 heterocycles. The molecule has 0 bridgehead atoms. The first-order valence-electron chi connectivity index (χ1n) is 5.66. The second kappa shape index (κ2) is 5.41. The van der Waals surface area contributed by atoms with E-state index >= 15 is 0 Å². The van der Waals surface area contributed by atoms with Crippen molar-refractivity contribution >= 4 is 27.5 Å². The molecule has 1 unspecified atom stereocenters. The molecule has 0 radical (unpaired) electrons. The highest BCUT2D eigenvalue weighted by Crippen LogP contribution is 2.38. The van der Waals surface area contributed by atoms with E-state index in [9.17, 15) is 4.39 Å². The third-order valence-electron chi connectivity index (χ3n) is 2.95. The standard InChI is InChI=1S/C15H13BrClF/c1-9-6-7-11(10(2)8-9)15(16)14-12(17)4-3-5-13(14)18/h3-8,15H,1-2H3. The number of alkyl halides is 1. The Morgan fingerprint density at radius 3 is 2.50 bits per heavy atom.